The zero-order valence-corrected chi connectivity index (χ0v) is 19.8. The van der Waals surface area contributed by atoms with Gasteiger partial charge in [0.05, 0.1) is 22.4 Å². The Balaban J connectivity index is 1.86. The lowest BCUT2D eigenvalue weighted by molar-refractivity contribution is 0.429. The van der Waals surface area contributed by atoms with Crippen LogP contribution in [-0.2, 0) is 13.1 Å². The maximum absolute atomic E-state index is 12.6. The van der Waals surface area contributed by atoms with E-state index in [2.05, 4.69) is 9.98 Å². The molecule has 2 heterocycles. The SMILES string of the molecule is CCn1c(=O)n(CC)c2cc(N=Cc3c(O)n(-c4c(C)cc(C)cc4C)c(=O)[nH]c3=O)ccc21. The highest BCUT2D eigenvalue weighted by molar-refractivity contribution is 5.86. The van der Waals surface area contributed by atoms with Crippen LogP contribution in [0.2, 0.25) is 0 Å². The number of aryl methyl sites for hydroxylation is 5. The average molecular weight is 462 g/mol. The van der Waals surface area contributed by atoms with Crippen molar-refractivity contribution in [2.24, 2.45) is 4.99 Å². The van der Waals surface area contributed by atoms with E-state index in [4.69, 9.17) is 0 Å². The Bertz CT molecular complexity index is 1610. The fraction of sp³-hybridized carbons (Fsp3) is 0.280. The fourth-order valence-corrected chi connectivity index (χ4v) is 4.53. The van der Waals surface area contributed by atoms with Gasteiger partial charge in [-0.3, -0.25) is 23.9 Å². The number of hydrogen-bond donors (Lipinski definition) is 2. The minimum atomic E-state index is -0.742. The van der Waals surface area contributed by atoms with Gasteiger partial charge in [0.1, 0.15) is 5.56 Å². The molecule has 2 N–H and O–H groups in total. The molecule has 9 nitrogen and oxygen atoms in total. The molecule has 0 saturated carbocycles. The van der Waals surface area contributed by atoms with Crippen LogP contribution in [0.15, 0.2) is 49.7 Å². The lowest BCUT2D eigenvalue weighted by Gasteiger charge is -2.15. The molecule has 0 aliphatic rings. The molecule has 9 heteroatoms. The Morgan fingerprint density at radius 3 is 2.18 bits per heavy atom. The number of aromatic hydroxyl groups is 1. The first-order chi connectivity index (χ1) is 16.2. The van der Waals surface area contributed by atoms with Crippen LogP contribution in [0.4, 0.5) is 5.69 Å². The van der Waals surface area contributed by atoms with E-state index in [9.17, 15) is 19.5 Å². The van der Waals surface area contributed by atoms with Crippen molar-refractivity contribution in [3.05, 3.63) is 83.9 Å². The molecule has 0 aliphatic carbocycles. The van der Waals surface area contributed by atoms with E-state index in [0.717, 1.165) is 32.3 Å². The molecule has 4 aromatic rings. The number of aromatic nitrogens is 4. The van der Waals surface area contributed by atoms with Gasteiger partial charge in [0, 0.05) is 19.3 Å². The normalized spacial score (nSPS) is 11.7. The number of imidazole rings is 1. The summed E-state index contributed by atoms with van der Waals surface area (Å²) in [5, 5.41) is 10.9. The third kappa shape index (κ3) is 3.68. The largest absolute Gasteiger partial charge is 0.493 e. The molecule has 0 unspecified atom stereocenters. The molecule has 2 aromatic heterocycles. The quantitative estimate of drug-likeness (QED) is 0.445. The van der Waals surface area contributed by atoms with Crippen LogP contribution in [0.25, 0.3) is 16.7 Å². The molecule has 2 aromatic carbocycles. The molecule has 0 fully saturated rings. The van der Waals surface area contributed by atoms with Gasteiger partial charge in [-0.1, -0.05) is 17.7 Å². The highest BCUT2D eigenvalue weighted by atomic mass is 16.3. The summed E-state index contributed by atoms with van der Waals surface area (Å²) in [7, 11) is 0. The predicted molar refractivity (Wildman–Crippen MR) is 133 cm³/mol. The second kappa shape index (κ2) is 8.66. The summed E-state index contributed by atoms with van der Waals surface area (Å²) in [6.45, 7) is 10.5. The van der Waals surface area contributed by atoms with Crippen LogP contribution in [0, 0.1) is 20.8 Å². The number of fused-ring (bicyclic) bond motifs is 1. The monoisotopic (exact) mass is 461 g/mol. The molecule has 34 heavy (non-hydrogen) atoms. The number of nitrogens with one attached hydrogen (secondary N) is 1. The first-order valence-corrected chi connectivity index (χ1v) is 11.1. The standard InChI is InChI=1S/C25H27N5O4/c1-6-28-19-9-8-17(12-20(19)29(7-2)25(28)34)26-13-18-22(31)27-24(33)30(23(18)32)21-15(4)10-14(3)11-16(21)5/h8-13,32H,6-7H2,1-5H3,(H,27,31,33). The highest BCUT2D eigenvalue weighted by Crippen LogP contribution is 2.25. The second-order valence-corrected chi connectivity index (χ2v) is 8.28. The summed E-state index contributed by atoms with van der Waals surface area (Å²) in [5.74, 6) is -0.490. The number of hydrogen-bond acceptors (Lipinski definition) is 5. The van der Waals surface area contributed by atoms with E-state index in [1.807, 2.05) is 52.8 Å². The van der Waals surface area contributed by atoms with Crippen LogP contribution in [0.3, 0.4) is 0 Å². The number of H-pyrrole nitrogens is 1. The van der Waals surface area contributed by atoms with Gasteiger partial charge in [0.2, 0.25) is 5.88 Å². The van der Waals surface area contributed by atoms with E-state index in [1.54, 1.807) is 21.3 Å². The van der Waals surface area contributed by atoms with Crippen LogP contribution >= 0.6 is 0 Å². The molecule has 0 spiro atoms. The molecule has 0 amide bonds. The zero-order valence-electron chi connectivity index (χ0n) is 19.8. The van der Waals surface area contributed by atoms with Gasteiger partial charge in [-0.05, 0) is 63.9 Å². The maximum atomic E-state index is 12.6. The lowest BCUT2D eigenvalue weighted by atomic mass is 10.0. The Morgan fingerprint density at radius 2 is 1.56 bits per heavy atom. The first kappa shape index (κ1) is 23.0. The summed E-state index contributed by atoms with van der Waals surface area (Å²) >= 11 is 0. The summed E-state index contributed by atoms with van der Waals surface area (Å²) in [5.41, 5.74) is 3.43. The molecule has 0 atom stereocenters. The molecule has 176 valence electrons. The van der Waals surface area contributed by atoms with E-state index >= 15 is 0 Å². The minimum Gasteiger partial charge on any atom is -0.493 e. The van der Waals surface area contributed by atoms with Gasteiger partial charge in [0.15, 0.2) is 0 Å². The van der Waals surface area contributed by atoms with Crippen molar-refractivity contribution in [3.8, 4) is 11.6 Å². The van der Waals surface area contributed by atoms with E-state index in [1.165, 1.54) is 6.21 Å². The summed E-state index contributed by atoms with van der Waals surface area (Å²) in [6.07, 6.45) is 1.23. The van der Waals surface area contributed by atoms with Crippen LogP contribution in [0.1, 0.15) is 36.1 Å². The van der Waals surface area contributed by atoms with Crippen molar-refractivity contribution in [3.63, 3.8) is 0 Å². The van der Waals surface area contributed by atoms with E-state index in [-0.39, 0.29) is 11.3 Å². The Hall–Kier alpha value is -4.14. The van der Waals surface area contributed by atoms with Crippen molar-refractivity contribution in [1.29, 1.82) is 0 Å². The Morgan fingerprint density at radius 1 is 0.941 bits per heavy atom. The predicted octanol–water partition coefficient (Wildman–Crippen LogP) is 3.06. The number of aliphatic imine (C=N–C) groups is 1. The van der Waals surface area contributed by atoms with Gasteiger partial charge in [0.25, 0.3) is 5.56 Å². The fourth-order valence-electron chi connectivity index (χ4n) is 4.53. The summed E-state index contributed by atoms with van der Waals surface area (Å²) < 4.78 is 4.43. The maximum Gasteiger partial charge on any atom is 0.335 e. The van der Waals surface area contributed by atoms with Crippen LogP contribution in [0.5, 0.6) is 5.88 Å². The van der Waals surface area contributed by atoms with Gasteiger partial charge in [-0.25, -0.2) is 14.2 Å². The zero-order chi connectivity index (χ0) is 24.7. The first-order valence-electron chi connectivity index (χ1n) is 11.1. The van der Waals surface area contributed by atoms with E-state index in [0.29, 0.717) is 24.5 Å². The van der Waals surface area contributed by atoms with Crippen molar-refractivity contribution < 1.29 is 5.11 Å². The number of aromatic amines is 1. The molecule has 0 aliphatic heterocycles. The molecular weight excluding hydrogens is 434 g/mol. The van der Waals surface area contributed by atoms with Crippen LogP contribution < -0.4 is 16.9 Å². The summed E-state index contributed by atoms with van der Waals surface area (Å²) in [6, 6.07) is 9.11. The third-order valence-corrected chi connectivity index (χ3v) is 5.96. The number of benzene rings is 2. The third-order valence-electron chi connectivity index (χ3n) is 5.96. The van der Waals surface area contributed by atoms with Crippen molar-refractivity contribution in [2.45, 2.75) is 47.7 Å². The van der Waals surface area contributed by atoms with E-state index < -0.39 is 17.1 Å². The molecular formula is C25H27N5O4. The molecule has 0 radical (unpaired) electrons. The minimum absolute atomic E-state index is 0.0915. The Kier molecular flexibility index (Phi) is 5.87. The van der Waals surface area contributed by atoms with Gasteiger partial charge < -0.3 is 5.11 Å². The smallest absolute Gasteiger partial charge is 0.335 e. The van der Waals surface area contributed by atoms with Crippen molar-refractivity contribution in [1.82, 2.24) is 18.7 Å². The second-order valence-electron chi connectivity index (χ2n) is 8.28. The van der Waals surface area contributed by atoms with Gasteiger partial charge >= 0.3 is 11.4 Å². The lowest BCUT2D eigenvalue weighted by Crippen LogP contribution is -2.32. The van der Waals surface area contributed by atoms with Gasteiger partial charge in [-0.2, -0.15) is 0 Å². The average Bonchev–Trinajstić information content (AvgIpc) is 3.04. The number of nitrogens with zero attached hydrogens (tertiary/aromatic N) is 4. The van der Waals surface area contributed by atoms with Crippen LogP contribution in [-0.4, -0.2) is 30.0 Å². The van der Waals surface area contributed by atoms with Gasteiger partial charge in [-0.15, -0.1) is 0 Å². The summed E-state index contributed by atoms with van der Waals surface area (Å²) in [4.78, 5) is 44.4. The number of rotatable bonds is 5. The highest BCUT2D eigenvalue weighted by Gasteiger charge is 2.18. The molecule has 4 rings (SSSR count). The molecule has 0 saturated heterocycles. The van der Waals surface area contributed by atoms with Crippen molar-refractivity contribution in [2.75, 3.05) is 0 Å². The molecule has 0 bridgehead atoms. The van der Waals surface area contributed by atoms with Crippen molar-refractivity contribution >= 4 is 22.9 Å². The topological polar surface area (TPSA) is 114 Å². The Labute approximate surface area is 195 Å².